The van der Waals surface area contributed by atoms with Crippen LogP contribution in [0.15, 0.2) is 248 Å². The zero-order chi connectivity index (χ0) is 50.9. The average molecular weight is 939 g/mol. The van der Waals surface area contributed by atoms with Gasteiger partial charge >= 0.3 is 0 Å². The van der Waals surface area contributed by atoms with E-state index in [9.17, 15) is 0 Å². The molecule has 0 aromatic heterocycles. The fourth-order valence-electron chi connectivity index (χ4n) is 9.92. The Bertz CT molecular complexity index is 3110. The summed E-state index contributed by atoms with van der Waals surface area (Å²) >= 11 is 0. The quantitative estimate of drug-likeness (QED) is 0.149. The van der Waals surface area contributed by atoms with Gasteiger partial charge in [-0.05, 0) is 138 Å². The Morgan fingerprint density at radius 1 is 0.417 bits per heavy atom. The molecule has 0 saturated heterocycles. The van der Waals surface area contributed by atoms with Gasteiger partial charge in [0, 0.05) is 0 Å². The van der Waals surface area contributed by atoms with Crippen LogP contribution in [0.3, 0.4) is 0 Å². The average Bonchev–Trinajstić information content (AvgIpc) is 3.74. The summed E-state index contributed by atoms with van der Waals surface area (Å²) in [6, 6.07) is 83.0. The smallest absolute Gasteiger partial charge is 0.0713 e. The van der Waals surface area contributed by atoms with Gasteiger partial charge in [-0.15, -0.1) is 0 Å². The van der Waals surface area contributed by atoms with Crippen LogP contribution in [-0.4, -0.2) is 0 Å². The summed E-state index contributed by atoms with van der Waals surface area (Å²) in [7, 11) is 0. The summed E-state index contributed by atoms with van der Waals surface area (Å²) in [6.07, 6.45) is 8.09. The summed E-state index contributed by atoms with van der Waals surface area (Å²) < 4.78 is 0. The summed E-state index contributed by atoms with van der Waals surface area (Å²) in [4.78, 5) is 0. The zero-order valence-electron chi connectivity index (χ0n) is 44.3. The van der Waals surface area contributed by atoms with Crippen LogP contribution in [0, 0.1) is 27.7 Å². The first-order chi connectivity index (χ1) is 35.2. The van der Waals surface area contributed by atoms with E-state index in [4.69, 9.17) is 0 Å². The summed E-state index contributed by atoms with van der Waals surface area (Å²) in [6.45, 7) is 19.4. The maximum atomic E-state index is 2.48. The second-order valence-electron chi connectivity index (χ2n) is 19.1. The predicted octanol–water partition coefficient (Wildman–Crippen LogP) is 20.3. The van der Waals surface area contributed by atoms with E-state index < -0.39 is 0 Å². The van der Waals surface area contributed by atoms with Crippen LogP contribution >= 0.6 is 0 Å². The van der Waals surface area contributed by atoms with E-state index >= 15 is 0 Å². The topological polar surface area (TPSA) is 0 Å². The van der Waals surface area contributed by atoms with Crippen LogP contribution < -0.4 is 0 Å². The highest BCUT2D eigenvalue weighted by Crippen LogP contribution is 2.56. The minimum absolute atomic E-state index is 0.280. The normalized spacial score (nSPS) is 13.0. The molecule has 9 aromatic rings. The lowest BCUT2D eigenvalue weighted by atomic mass is 9.67. The Balaban J connectivity index is 0.000000150. The van der Waals surface area contributed by atoms with Crippen LogP contribution in [0.5, 0.6) is 0 Å². The highest BCUT2D eigenvalue weighted by atomic mass is 14.5. The fourth-order valence-corrected chi connectivity index (χ4v) is 9.92. The van der Waals surface area contributed by atoms with Crippen LogP contribution in [0.25, 0.3) is 39.0 Å². The van der Waals surface area contributed by atoms with Gasteiger partial charge in [0.25, 0.3) is 0 Å². The predicted molar refractivity (Wildman–Crippen MR) is 314 cm³/mol. The van der Waals surface area contributed by atoms with Crippen LogP contribution in [0.4, 0.5) is 0 Å². The molecule has 0 heteroatoms. The Hall–Kier alpha value is -7.54. The molecule has 362 valence electrons. The number of fused-ring (bicyclic) bond motifs is 3. The fraction of sp³-hybridized carbons (Fsp3) is 0.194. The van der Waals surface area contributed by atoms with Gasteiger partial charge in [0.1, 0.15) is 0 Å². The molecule has 1 unspecified atom stereocenters. The standard InChI is InChI=1S/C29H26.C14H16.C14H14.C13H12.C2H6/c1-3-21(2)22-18-19-26-25-16-10-11-17-27(25)29(28(26)20-22,23-12-6-4-7-13-23)24-14-8-5-9-15-24;1-11-7-3-5-9-13(11)14-10-6-4-8-12(14)2;1-11-6-8-13(9-7-11)14-5-3-4-12(2)10-14;1-11-7-9-13(10-8-11)12-5-3-2-4-6-12;1-2/h4-21H,3H2,1-2H3;3,5-7,9-10H,4,8H2,1-2H3;3-10H,1-2H3;2-10H,1H3;1-2H3. The molecule has 2 aliphatic rings. The molecule has 0 aliphatic heterocycles. The van der Waals surface area contributed by atoms with Gasteiger partial charge in [0.15, 0.2) is 0 Å². The molecular formula is C72H74. The maximum absolute atomic E-state index is 2.48. The van der Waals surface area contributed by atoms with Gasteiger partial charge in [-0.1, -0.05) is 293 Å². The van der Waals surface area contributed by atoms with Gasteiger partial charge < -0.3 is 0 Å². The Morgan fingerprint density at radius 2 is 0.903 bits per heavy atom. The SMILES string of the molecule is CC.CC1=C(c2ccccc2C)C=CCC1.CCC(C)c1ccc2c(c1)C(c1ccccc1)(c1ccccc1)c1ccccc1-2.Cc1ccc(-c2cccc(C)c2)cc1.Cc1ccc(-c2ccccc2)cc1. The molecule has 9 aromatic carbocycles. The van der Waals surface area contributed by atoms with Crippen LogP contribution in [-0.2, 0) is 5.41 Å². The van der Waals surface area contributed by atoms with Crippen molar-refractivity contribution in [3.05, 3.63) is 304 Å². The second kappa shape index (κ2) is 25.5. The van der Waals surface area contributed by atoms with E-state index in [0.717, 1.165) is 6.42 Å². The number of hydrogen-bond acceptors (Lipinski definition) is 0. The number of hydrogen-bond donors (Lipinski definition) is 0. The Morgan fingerprint density at radius 3 is 1.46 bits per heavy atom. The van der Waals surface area contributed by atoms with Crippen molar-refractivity contribution in [1.29, 1.82) is 0 Å². The number of aryl methyl sites for hydroxylation is 4. The van der Waals surface area contributed by atoms with Gasteiger partial charge in [-0.3, -0.25) is 0 Å². The van der Waals surface area contributed by atoms with Crippen molar-refractivity contribution in [2.75, 3.05) is 0 Å². The van der Waals surface area contributed by atoms with Crippen molar-refractivity contribution in [3.8, 4) is 33.4 Å². The molecule has 72 heavy (non-hydrogen) atoms. The molecule has 0 fully saturated rings. The first-order valence-electron chi connectivity index (χ1n) is 26.2. The summed E-state index contributed by atoms with van der Waals surface area (Å²) in [5, 5.41) is 0. The van der Waals surface area contributed by atoms with Gasteiger partial charge in [-0.25, -0.2) is 0 Å². The van der Waals surface area contributed by atoms with Gasteiger partial charge in [-0.2, -0.15) is 0 Å². The van der Waals surface area contributed by atoms with Crippen molar-refractivity contribution in [2.24, 2.45) is 0 Å². The van der Waals surface area contributed by atoms with Crippen molar-refractivity contribution >= 4 is 5.57 Å². The maximum Gasteiger partial charge on any atom is 0.0713 e. The minimum Gasteiger partial charge on any atom is -0.0836 e. The monoisotopic (exact) mass is 939 g/mol. The van der Waals surface area contributed by atoms with E-state index in [1.54, 1.807) is 0 Å². The van der Waals surface area contributed by atoms with E-state index in [2.05, 4.69) is 285 Å². The highest BCUT2D eigenvalue weighted by Gasteiger charge is 2.46. The molecule has 0 amide bonds. The number of benzene rings is 9. The lowest BCUT2D eigenvalue weighted by Crippen LogP contribution is -2.28. The van der Waals surface area contributed by atoms with Crippen LogP contribution in [0.2, 0.25) is 0 Å². The van der Waals surface area contributed by atoms with Crippen molar-refractivity contribution in [3.63, 3.8) is 0 Å². The molecule has 11 rings (SSSR count). The lowest BCUT2D eigenvalue weighted by molar-refractivity contribution is 0.722. The highest BCUT2D eigenvalue weighted by molar-refractivity contribution is 5.86. The summed E-state index contributed by atoms with van der Waals surface area (Å²) in [5.74, 6) is 0.549. The Kier molecular flexibility index (Phi) is 18.5. The third-order valence-electron chi connectivity index (χ3n) is 14.1. The van der Waals surface area contributed by atoms with Crippen molar-refractivity contribution in [1.82, 2.24) is 0 Å². The molecule has 2 aliphatic carbocycles. The largest absolute Gasteiger partial charge is 0.0836 e. The third-order valence-corrected chi connectivity index (χ3v) is 14.1. The van der Waals surface area contributed by atoms with Gasteiger partial charge in [0.05, 0.1) is 5.41 Å². The lowest BCUT2D eigenvalue weighted by Gasteiger charge is -2.34. The molecule has 1 atom stereocenters. The first-order valence-corrected chi connectivity index (χ1v) is 26.2. The number of rotatable bonds is 7. The van der Waals surface area contributed by atoms with E-state index in [0.29, 0.717) is 5.92 Å². The van der Waals surface area contributed by atoms with Crippen LogP contribution in [0.1, 0.15) is 115 Å². The molecule has 0 bridgehead atoms. The van der Waals surface area contributed by atoms with Gasteiger partial charge in [0.2, 0.25) is 0 Å². The second-order valence-corrected chi connectivity index (χ2v) is 19.1. The zero-order valence-corrected chi connectivity index (χ0v) is 44.3. The van der Waals surface area contributed by atoms with E-state index in [1.807, 2.05) is 19.9 Å². The molecular weight excluding hydrogens is 865 g/mol. The summed E-state index contributed by atoms with van der Waals surface area (Å²) in [5.41, 5.74) is 24.1. The first kappa shape index (κ1) is 52.3. The molecule has 0 saturated carbocycles. The third kappa shape index (κ3) is 12.3. The number of allylic oxidation sites excluding steroid dienone is 4. The minimum atomic E-state index is -0.280. The van der Waals surface area contributed by atoms with Crippen molar-refractivity contribution in [2.45, 2.75) is 92.9 Å². The van der Waals surface area contributed by atoms with E-state index in [-0.39, 0.29) is 5.41 Å². The van der Waals surface area contributed by atoms with Crippen molar-refractivity contribution < 1.29 is 0 Å². The Labute approximate surface area is 433 Å². The van der Waals surface area contributed by atoms with E-state index in [1.165, 1.54) is 113 Å². The molecule has 0 nitrogen and oxygen atoms in total. The molecule has 0 radical (unpaired) electrons. The molecule has 0 N–H and O–H groups in total. The molecule has 0 spiro atoms. The molecule has 0 heterocycles.